The van der Waals surface area contributed by atoms with E-state index >= 15 is 0 Å². The lowest BCUT2D eigenvalue weighted by Crippen LogP contribution is -2.40. The topological polar surface area (TPSA) is 90.1 Å². The van der Waals surface area contributed by atoms with Gasteiger partial charge in [-0.3, -0.25) is 19.6 Å². The molecule has 5 rings (SSSR count). The van der Waals surface area contributed by atoms with Crippen molar-refractivity contribution in [3.8, 4) is 0 Å². The molecule has 35 heavy (non-hydrogen) atoms. The van der Waals surface area contributed by atoms with E-state index in [1.54, 1.807) is 18.0 Å². The first-order valence-electron chi connectivity index (χ1n) is 11.8. The van der Waals surface area contributed by atoms with Crippen molar-refractivity contribution in [3.63, 3.8) is 0 Å². The Morgan fingerprint density at radius 3 is 2.46 bits per heavy atom. The van der Waals surface area contributed by atoms with E-state index in [0.29, 0.717) is 27.1 Å². The Morgan fingerprint density at radius 1 is 1.09 bits per heavy atom. The van der Waals surface area contributed by atoms with Crippen LogP contribution < -0.4 is 15.5 Å². The fourth-order valence-electron chi connectivity index (χ4n) is 4.23. The number of aromatic nitrogens is 2. The van der Waals surface area contributed by atoms with Gasteiger partial charge in [-0.15, -0.1) is 11.3 Å². The molecule has 2 amide bonds. The third-order valence-corrected chi connectivity index (χ3v) is 7.65. The standard InChI is InChI=1S/C27H29N5O2S/c1-27(2,18-8-5-4-6-9-18)29-24(33)22-16-21-23(30-31-25(21)35-22)32(3)26(34)17-12-14-20(15-13-17)28-19-10-7-11-19/h4-6,8-9,12-16,19,28H,7,10-11H2,1-3H3,(H,29,33)(H,30,31). The average Bonchev–Trinajstić information content (AvgIpc) is 3.42. The lowest BCUT2D eigenvalue weighted by Gasteiger charge is -2.27. The summed E-state index contributed by atoms with van der Waals surface area (Å²) in [6.07, 6.45) is 3.67. The largest absolute Gasteiger partial charge is 0.382 e. The summed E-state index contributed by atoms with van der Waals surface area (Å²) in [5.41, 5.74) is 2.12. The summed E-state index contributed by atoms with van der Waals surface area (Å²) in [4.78, 5) is 29.0. The second kappa shape index (κ2) is 9.19. The minimum atomic E-state index is -0.527. The number of H-pyrrole nitrogens is 1. The highest BCUT2D eigenvalue weighted by Gasteiger charge is 2.26. The molecule has 0 spiro atoms. The number of rotatable bonds is 7. The SMILES string of the molecule is CN(C(=O)c1ccc(NC2CCC2)cc1)c1[nH]nc2sc(C(=O)NC(C)(C)c3ccccc3)cc12. The third-order valence-electron chi connectivity index (χ3n) is 6.62. The van der Waals surface area contributed by atoms with E-state index in [1.807, 2.05) is 68.4 Å². The number of hydrogen-bond acceptors (Lipinski definition) is 5. The molecule has 2 aromatic carbocycles. The van der Waals surface area contributed by atoms with Gasteiger partial charge < -0.3 is 10.6 Å². The lowest BCUT2D eigenvalue weighted by molar-refractivity contribution is 0.0915. The van der Waals surface area contributed by atoms with Gasteiger partial charge in [-0.2, -0.15) is 5.10 Å². The molecule has 8 heteroatoms. The van der Waals surface area contributed by atoms with Gasteiger partial charge in [0, 0.05) is 24.3 Å². The van der Waals surface area contributed by atoms with E-state index in [2.05, 4.69) is 20.8 Å². The van der Waals surface area contributed by atoms with Crippen molar-refractivity contribution in [2.75, 3.05) is 17.3 Å². The van der Waals surface area contributed by atoms with Crippen LogP contribution in [0.25, 0.3) is 10.2 Å². The highest BCUT2D eigenvalue weighted by atomic mass is 32.1. The van der Waals surface area contributed by atoms with Gasteiger partial charge in [-0.25, -0.2) is 0 Å². The van der Waals surface area contributed by atoms with E-state index < -0.39 is 5.54 Å². The van der Waals surface area contributed by atoms with Crippen molar-refractivity contribution in [2.45, 2.75) is 44.7 Å². The normalized spacial score (nSPS) is 13.9. The molecule has 2 heterocycles. The summed E-state index contributed by atoms with van der Waals surface area (Å²) in [7, 11) is 1.71. The number of hydrogen-bond donors (Lipinski definition) is 3. The first-order chi connectivity index (χ1) is 16.8. The van der Waals surface area contributed by atoms with Crippen molar-refractivity contribution in [3.05, 3.63) is 76.7 Å². The summed E-state index contributed by atoms with van der Waals surface area (Å²) in [6.45, 7) is 3.95. The first kappa shape index (κ1) is 23.1. The minimum absolute atomic E-state index is 0.145. The predicted molar refractivity (Wildman–Crippen MR) is 141 cm³/mol. The van der Waals surface area contributed by atoms with Crippen LogP contribution in [-0.2, 0) is 5.54 Å². The predicted octanol–water partition coefficient (Wildman–Crippen LogP) is 5.53. The molecule has 3 N–H and O–H groups in total. The smallest absolute Gasteiger partial charge is 0.262 e. The Kier molecular flexibility index (Phi) is 6.06. The highest BCUT2D eigenvalue weighted by Crippen LogP contribution is 2.32. The van der Waals surface area contributed by atoms with Crippen molar-refractivity contribution in [2.24, 2.45) is 0 Å². The Balaban J connectivity index is 1.31. The van der Waals surface area contributed by atoms with Gasteiger partial charge in [0.25, 0.3) is 11.8 Å². The molecule has 0 atom stereocenters. The van der Waals surface area contributed by atoms with Crippen molar-refractivity contribution >= 4 is 44.9 Å². The molecule has 1 saturated carbocycles. The van der Waals surface area contributed by atoms with Gasteiger partial charge in [-0.05, 0) is 69.0 Å². The van der Waals surface area contributed by atoms with Crippen molar-refractivity contribution in [1.29, 1.82) is 0 Å². The van der Waals surface area contributed by atoms with Crippen LogP contribution in [0.3, 0.4) is 0 Å². The van der Waals surface area contributed by atoms with Crippen LogP contribution in [0.4, 0.5) is 11.5 Å². The zero-order chi connectivity index (χ0) is 24.6. The summed E-state index contributed by atoms with van der Waals surface area (Å²) >= 11 is 1.30. The maximum Gasteiger partial charge on any atom is 0.262 e. The summed E-state index contributed by atoms with van der Waals surface area (Å²) in [5.74, 6) is 0.253. The molecule has 0 radical (unpaired) electrons. The van der Waals surface area contributed by atoms with Crippen LogP contribution in [0, 0.1) is 0 Å². The van der Waals surface area contributed by atoms with Gasteiger partial charge >= 0.3 is 0 Å². The van der Waals surface area contributed by atoms with Gasteiger partial charge in [0.05, 0.1) is 15.8 Å². The molecule has 180 valence electrons. The van der Waals surface area contributed by atoms with E-state index in [-0.39, 0.29) is 11.8 Å². The van der Waals surface area contributed by atoms with Gasteiger partial charge in [-0.1, -0.05) is 30.3 Å². The Hall–Kier alpha value is -3.65. The van der Waals surface area contributed by atoms with Crippen LogP contribution in [0.1, 0.15) is 58.7 Å². The highest BCUT2D eigenvalue weighted by molar-refractivity contribution is 7.20. The summed E-state index contributed by atoms with van der Waals surface area (Å²) < 4.78 is 0. The number of benzene rings is 2. The molecule has 1 aliphatic carbocycles. The number of aromatic amines is 1. The van der Waals surface area contributed by atoms with Crippen LogP contribution in [0.5, 0.6) is 0 Å². The summed E-state index contributed by atoms with van der Waals surface area (Å²) in [5, 5.41) is 14.6. The molecule has 1 fully saturated rings. The van der Waals surface area contributed by atoms with Gasteiger partial charge in [0.1, 0.15) is 10.6 Å². The van der Waals surface area contributed by atoms with E-state index in [0.717, 1.165) is 16.6 Å². The number of amides is 2. The van der Waals surface area contributed by atoms with E-state index in [4.69, 9.17) is 0 Å². The number of carbonyl (C=O) groups excluding carboxylic acids is 2. The number of fused-ring (bicyclic) bond motifs is 1. The van der Waals surface area contributed by atoms with E-state index in [1.165, 1.54) is 30.6 Å². The fraction of sp³-hybridized carbons (Fsp3) is 0.296. The molecular formula is C27H29N5O2S. The molecule has 0 aliphatic heterocycles. The maximum atomic E-state index is 13.2. The van der Waals surface area contributed by atoms with Gasteiger partial charge in [0.15, 0.2) is 0 Å². The number of thiophene rings is 1. The van der Waals surface area contributed by atoms with Crippen LogP contribution >= 0.6 is 11.3 Å². The monoisotopic (exact) mass is 487 g/mol. The zero-order valence-electron chi connectivity index (χ0n) is 20.1. The first-order valence-corrected chi connectivity index (χ1v) is 12.6. The molecule has 4 aromatic rings. The van der Waals surface area contributed by atoms with Crippen molar-refractivity contribution in [1.82, 2.24) is 15.5 Å². The molecule has 1 aliphatic rings. The number of nitrogens with one attached hydrogen (secondary N) is 3. The Bertz CT molecular complexity index is 1350. The van der Waals surface area contributed by atoms with Crippen molar-refractivity contribution < 1.29 is 9.59 Å². The zero-order valence-corrected chi connectivity index (χ0v) is 20.9. The number of anilines is 2. The maximum absolute atomic E-state index is 13.2. The van der Waals surface area contributed by atoms with Crippen LogP contribution in [0.2, 0.25) is 0 Å². The average molecular weight is 488 g/mol. The van der Waals surface area contributed by atoms with Gasteiger partial charge in [0.2, 0.25) is 0 Å². The lowest BCUT2D eigenvalue weighted by atomic mass is 9.93. The number of carbonyl (C=O) groups is 2. The molecule has 2 aromatic heterocycles. The second-order valence-corrected chi connectivity index (χ2v) is 10.6. The molecule has 0 bridgehead atoms. The third kappa shape index (κ3) is 4.66. The number of nitrogens with zero attached hydrogens (tertiary/aromatic N) is 2. The molecule has 7 nitrogen and oxygen atoms in total. The molecule has 0 saturated heterocycles. The minimum Gasteiger partial charge on any atom is -0.382 e. The quantitative estimate of drug-likeness (QED) is 0.320. The molecule has 0 unspecified atom stereocenters. The summed E-state index contributed by atoms with van der Waals surface area (Å²) in [6, 6.07) is 19.8. The molecular weight excluding hydrogens is 458 g/mol. The Labute approximate surface area is 208 Å². The van der Waals surface area contributed by atoms with Crippen LogP contribution in [-0.4, -0.2) is 35.1 Å². The fourth-order valence-corrected chi connectivity index (χ4v) is 5.12. The second-order valence-electron chi connectivity index (χ2n) is 9.56. The van der Waals surface area contributed by atoms with E-state index in [9.17, 15) is 9.59 Å². The van der Waals surface area contributed by atoms with Crippen LogP contribution in [0.15, 0.2) is 60.7 Å². The Morgan fingerprint density at radius 2 is 1.80 bits per heavy atom.